The van der Waals surface area contributed by atoms with Crippen molar-refractivity contribution in [1.82, 2.24) is 20.0 Å². The fourth-order valence-electron chi connectivity index (χ4n) is 1.47. The third-order valence-electron chi connectivity index (χ3n) is 2.27. The van der Waals surface area contributed by atoms with E-state index >= 15 is 0 Å². The molecule has 2 aromatic rings. The van der Waals surface area contributed by atoms with Crippen LogP contribution in [-0.4, -0.2) is 20.0 Å². The molecule has 4 nitrogen and oxygen atoms in total. The van der Waals surface area contributed by atoms with Gasteiger partial charge in [0.15, 0.2) is 0 Å². The number of aryl methyl sites for hydroxylation is 1. The summed E-state index contributed by atoms with van der Waals surface area (Å²) in [7, 11) is 0. The quantitative estimate of drug-likeness (QED) is 0.865. The van der Waals surface area contributed by atoms with Crippen molar-refractivity contribution in [3.8, 4) is 11.3 Å². The van der Waals surface area contributed by atoms with Gasteiger partial charge in [-0.3, -0.25) is 9.78 Å². The van der Waals surface area contributed by atoms with Crippen LogP contribution in [0.2, 0.25) is 0 Å². The van der Waals surface area contributed by atoms with Crippen LogP contribution in [0.25, 0.3) is 11.3 Å². The van der Waals surface area contributed by atoms with Crippen LogP contribution < -0.4 is 0 Å². The minimum absolute atomic E-state index is 0.899. The molecule has 2 rings (SSSR count). The maximum atomic E-state index is 4.30. The molecule has 0 saturated carbocycles. The van der Waals surface area contributed by atoms with Gasteiger partial charge in [0.1, 0.15) is 0 Å². The van der Waals surface area contributed by atoms with E-state index in [1.165, 1.54) is 5.69 Å². The summed E-state index contributed by atoms with van der Waals surface area (Å²) in [6.07, 6.45) is 3.70. The first-order valence-corrected chi connectivity index (χ1v) is 5.53. The molecule has 0 bridgehead atoms. The summed E-state index contributed by atoms with van der Waals surface area (Å²) in [5.74, 6) is 0. The van der Waals surface area contributed by atoms with E-state index in [1.807, 2.05) is 17.1 Å². The Bertz CT molecular complexity index is 443. The van der Waals surface area contributed by atoms with Gasteiger partial charge in [-0.2, -0.15) is 10.2 Å². The average molecular weight is 302 g/mol. The van der Waals surface area contributed by atoms with Crippen molar-refractivity contribution in [3.63, 3.8) is 0 Å². The molecule has 0 aromatic carbocycles. The van der Waals surface area contributed by atoms with Gasteiger partial charge in [0, 0.05) is 17.8 Å². The van der Waals surface area contributed by atoms with Crippen molar-refractivity contribution in [3.05, 3.63) is 21.7 Å². The molecular formula is C9H11IN4. The lowest BCUT2D eigenvalue weighted by Gasteiger charge is -2.00. The molecule has 0 amide bonds. The highest BCUT2D eigenvalue weighted by atomic mass is 127. The van der Waals surface area contributed by atoms with Gasteiger partial charge >= 0.3 is 0 Å². The molecule has 0 radical (unpaired) electrons. The zero-order chi connectivity index (χ0) is 10.1. The number of hydrogen-bond donors (Lipinski definition) is 1. The Labute approximate surface area is 95.8 Å². The maximum absolute atomic E-state index is 4.30. The molecule has 0 spiro atoms. The molecule has 0 unspecified atom stereocenters. The third-order valence-corrected chi connectivity index (χ3v) is 3.08. The van der Waals surface area contributed by atoms with Gasteiger partial charge in [-0.15, -0.1) is 0 Å². The Morgan fingerprint density at radius 2 is 2.29 bits per heavy atom. The van der Waals surface area contributed by atoms with Gasteiger partial charge in [-0.25, -0.2) is 0 Å². The standard InChI is InChI=1S/C9H11IN4/c1-3-14-6(2)7(4-12-14)9-8(10)5-11-13-9/h4-5H,3H2,1-2H3,(H,11,13). The van der Waals surface area contributed by atoms with E-state index < -0.39 is 0 Å². The highest BCUT2D eigenvalue weighted by molar-refractivity contribution is 14.1. The average Bonchev–Trinajstić information content (AvgIpc) is 2.72. The third kappa shape index (κ3) is 1.45. The number of hydrogen-bond acceptors (Lipinski definition) is 2. The van der Waals surface area contributed by atoms with Crippen LogP contribution in [0.3, 0.4) is 0 Å². The first kappa shape index (κ1) is 9.70. The van der Waals surface area contributed by atoms with Crippen molar-refractivity contribution < 1.29 is 0 Å². The summed E-state index contributed by atoms with van der Waals surface area (Å²) in [5.41, 5.74) is 3.37. The molecule has 2 aromatic heterocycles. The fraction of sp³-hybridized carbons (Fsp3) is 0.333. The Morgan fingerprint density at radius 3 is 2.79 bits per heavy atom. The lowest BCUT2D eigenvalue weighted by molar-refractivity contribution is 0.640. The molecule has 14 heavy (non-hydrogen) atoms. The van der Waals surface area contributed by atoms with Gasteiger partial charge < -0.3 is 0 Å². The van der Waals surface area contributed by atoms with Crippen LogP contribution in [0.5, 0.6) is 0 Å². The molecule has 1 N–H and O–H groups in total. The smallest absolute Gasteiger partial charge is 0.0818 e. The van der Waals surface area contributed by atoms with E-state index in [2.05, 4.69) is 51.7 Å². The number of H-pyrrole nitrogens is 1. The van der Waals surface area contributed by atoms with Gasteiger partial charge in [-0.1, -0.05) is 0 Å². The minimum atomic E-state index is 0.899. The number of rotatable bonds is 2. The monoisotopic (exact) mass is 302 g/mol. The normalized spacial score (nSPS) is 10.8. The first-order valence-electron chi connectivity index (χ1n) is 4.45. The Balaban J connectivity index is 2.52. The molecule has 0 atom stereocenters. The molecule has 0 saturated heterocycles. The second kappa shape index (κ2) is 3.72. The highest BCUT2D eigenvalue weighted by Crippen LogP contribution is 2.25. The van der Waals surface area contributed by atoms with Crippen LogP contribution in [0.15, 0.2) is 12.4 Å². The second-order valence-corrected chi connectivity index (χ2v) is 4.21. The Kier molecular flexibility index (Phi) is 2.58. The lowest BCUT2D eigenvalue weighted by atomic mass is 10.2. The number of aromatic amines is 1. The highest BCUT2D eigenvalue weighted by Gasteiger charge is 2.11. The van der Waals surface area contributed by atoms with Gasteiger partial charge in [0.2, 0.25) is 0 Å². The molecule has 0 aliphatic rings. The largest absolute Gasteiger partial charge is 0.277 e. The summed E-state index contributed by atoms with van der Waals surface area (Å²) in [6.45, 7) is 5.06. The predicted octanol–water partition coefficient (Wildman–Crippen LogP) is 2.21. The van der Waals surface area contributed by atoms with Gasteiger partial charge in [-0.05, 0) is 36.4 Å². The van der Waals surface area contributed by atoms with E-state index in [1.54, 1.807) is 0 Å². The van der Waals surface area contributed by atoms with E-state index in [-0.39, 0.29) is 0 Å². The minimum Gasteiger partial charge on any atom is -0.277 e. The Morgan fingerprint density at radius 1 is 1.50 bits per heavy atom. The maximum Gasteiger partial charge on any atom is 0.0818 e. The molecular weight excluding hydrogens is 291 g/mol. The summed E-state index contributed by atoms with van der Waals surface area (Å²) in [5, 5.41) is 11.3. The number of nitrogens with one attached hydrogen (secondary N) is 1. The van der Waals surface area contributed by atoms with Crippen LogP contribution in [0.1, 0.15) is 12.6 Å². The zero-order valence-corrected chi connectivity index (χ0v) is 10.2. The van der Waals surface area contributed by atoms with Crippen LogP contribution in [0, 0.1) is 10.5 Å². The summed E-state index contributed by atoms with van der Waals surface area (Å²) in [6, 6.07) is 0. The topological polar surface area (TPSA) is 46.5 Å². The van der Waals surface area contributed by atoms with E-state index in [0.717, 1.165) is 21.4 Å². The van der Waals surface area contributed by atoms with Crippen molar-refractivity contribution in [2.24, 2.45) is 0 Å². The van der Waals surface area contributed by atoms with Crippen molar-refractivity contribution in [1.29, 1.82) is 0 Å². The fourth-order valence-corrected chi connectivity index (χ4v) is 2.02. The number of aromatic nitrogens is 4. The van der Waals surface area contributed by atoms with Crippen LogP contribution >= 0.6 is 22.6 Å². The SMILES string of the molecule is CCn1ncc(-c2[nH]ncc2I)c1C. The molecule has 2 heterocycles. The van der Waals surface area contributed by atoms with Crippen molar-refractivity contribution >= 4 is 22.6 Å². The van der Waals surface area contributed by atoms with Gasteiger partial charge in [0.05, 0.1) is 21.7 Å². The summed E-state index contributed by atoms with van der Waals surface area (Å²) >= 11 is 2.27. The van der Waals surface area contributed by atoms with Crippen LogP contribution in [0.4, 0.5) is 0 Å². The second-order valence-electron chi connectivity index (χ2n) is 3.05. The predicted molar refractivity (Wildman–Crippen MR) is 62.9 cm³/mol. The molecule has 0 aliphatic carbocycles. The molecule has 0 fully saturated rings. The number of nitrogens with zero attached hydrogens (tertiary/aromatic N) is 3. The van der Waals surface area contributed by atoms with E-state index in [0.29, 0.717) is 0 Å². The van der Waals surface area contributed by atoms with Crippen molar-refractivity contribution in [2.45, 2.75) is 20.4 Å². The molecule has 0 aliphatic heterocycles. The lowest BCUT2D eigenvalue weighted by Crippen LogP contribution is -1.98. The summed E-state index contributed by atoms with van der Waals surface area (Å²) < 4.78 is 3.10. The van der Waals surface area contributed by atoms with Crippen LogP contribution in [-0.2, 0) is 6.54 Å². The Hall–Kier alpha value is -0.850. The number of halogens is 1. The molecule has 5 heteroatoms. The van der Waals surface area contributed by atoms with Gasteiger partial charge in [0.25, 0.3) is 0 Å². The van der Waals surface area contributed by atoms with E-state index in [9.17, 15) is 0 Å². The zero-order valence-electron chi connectivity index (χ0n) is 8.08. The summed E-state index contributed by atoms with van der Waals surface area (Å²) in [4.78, 5) is 0. The molecule has 74 valence electrons. The van der Waals surface area contributed by atoms with E-state index in [4.69, 9.17) is 0 Å². The van der Waals surface area contributed by atoms with Crippen molar-refractivity contribution in [2.75, 3.05) is 0 Å². The first-order chi connectivity index (χ1) is 6.74.